The van der Waals surface area contributed by atoms with Gasteiger partial charge in [0.25, 0.3) is 11.8 Å². The number of halogens is 1. The summed E-state index contributed by atoms with van der Waals surface area (Å²) in [7, 11) is 3.37. The molecule has 0 aliphatic rings. The molecule has 0 spiro atoms. The molecule has 2 atom stereocenters. The number of nitrogens with one attached hydrogen (secondary N) is 3. The molecule has 0 heterocycles. The van der Waals surface area contributed by atoms with E-state index in [1.165, 1.54) is 0 Å². The highest BCUT2D eigenvalue weighted by Crippen LogP contribution is 2.16. The van der Waals surface area contributed by atoms with Crippen LogP contribution < -0.4 is 20.3 Å². The van der Waals surface area contributed by atoms with Crippen molar-refractivity contribution in [3.05, 3.63) is 53.6 Å². The Morgan fingerprint density at radius 2 is 1.77 bits per heavy atom. The molecule has 0 fully saturated rings. The van der Waals surface area contributed by atoms with Gasteiger partial charge in [0, 0.05) is 22.5 Å². The monoisotopic (exact) mass is 376 g/mol. The van der Waals surface area contributed by atoms with Crippen LogP contribution >= 0.6 is 11.6 Å². The molecule has 2 rings (SSSR count). The van der Waals surface area contributed by atoms with Gasteiger partial charge in [-0.3, -0.25) is 9.59 Å². The normalized spacial score (nSPS) is 12.8. The van der Waals surface area contributed by atoms with Gasteiger partial charge in [0.1, 0.15) is 5.75 Å². The highest BCUT2D eigenvalue weighted by Gasteiger charge is 2.24. The van der Waals surface area contributed by atoms with Crippen molar-refractivity contribution in [2.24, 2.45) is 0 Å². The Hall–Kier alpha value is -2.57. The number of hydrogen-bond donors (Lipinski definition) is 3. The predicted molar refractivity (Wildman–Crippen MR) is 103 cm³/mol. The smallest absolute Gasteiger partial charge is 0.282 e. The maximum absolute atomic E-state index is 12.4. The van der Waals surface area contributed by atoms with Crippen LogP contribution in [0, 0.1) is 0 Å². The highest BCUT2D eigenvalue weighted by molar-refractivity contribution is 6.30. The Balaban J connectivity index is 1.89. The van der Waals surface area contributed by atoms with Crippen LogP contribution in [0.15, 0.2) is 48.5 Å². The van der Waals surface area contributed by atoms with E-state index >= 15 is 0 Å². The lowest BCUT2D eigenvalue weighted by Crippen LogP contribution is -3.14. The van der Waals surface area contributed by atoms with E-state index in [4.69, 9.17) is 16.3 Å². The molecule has 2 amide bonds. The van der Waals surface area contributed by atoms with Crippen molar-refractivity contribution in [3.8, 4) is 5.75 Å². The van der Waals surface area contributed by atoms with Crippen molar-refractivity contribution in [3.63, 3.8) is 0 Å². The molecule has 138 valence electrons. The minimum atomic E-state index is -0.412. The molecule has 0 saturated heterocycles. The molecule has 0 aliphatic carbocycles. The molecule has 0 saturated carbocycles. The van der Waals surface area contributed by atoms with E-state index in [0.717, 1.165) is 4.90 Å². The number of ether oxygens (including phenoxy) is 1. The number of amides is 2. The first-order chi connectivity index (χ1) is 12.4. The number of likely N-dealkylation sites (N-methyl/N-ethyl adjacent to an activating group) is 1. The average molecular weight is 377 g/mol. The lowest BCUT2D eigenvalue weighted by molar-refractivity contribution is -0.885. The van der Waals surface area contributed by atoms with Crippen LogP contribution in [0.1, 0.15) is 6.92 Å². The lowest BCUT2D eigenvalue weighted by atomic mass is 10.2. The zero-order valence-electron chi connectivity index (χ0n) is 15.0. The predicted octanol–water partition coefficient (Wildman–Crippen LogP) is 1.83. The molecule has 26 heavy (non-hydrogen) atoms. The van der Waals surface area contributed by atoms with E-state index in [0.29, 0.717) is 22.1 Å². The molecule has 0 bridgehead atoms. The summed E-state index contributed by atoms with van der Waals surface area (Å²) in [6.45, 7) is 1.93. The Morgan fingerprint density at radius 3 is 2.42 bits per heavy atom. The summed E-state index contributed by atoms with van der Waals surface area (Å²) in [5, 5.41) is 6.17. The first kappa shape index (κ1) is 19.8. The quantitative estimate of drug-likeness (QED) is 0.690. The standard InChI is InChI=1S/C19H22ClN3O3/c1-13(19(25)22-15-7-4-6-14(20)10-15)23(2)12-18(24)21-16-8-5-9-17(11-16)26-3/h4-11,13H,12H2,1-3H3,(H,21,24)(H,22,25)/p+1/t13-/m1/s1. The average Bonchev–Trinajstić information content (AvgIpc) is 2.61. The molecule has 7 heteroatoms. The minimum Gasteiger partial charge on any atom is -0.497 e. The van der Waals surface area contributed by atoms with Gasteiger partial charge < -0.3 is 20.3 Å². The van der Waals surface area contributed by atoms with Crippen molar-refractivity contribution in [1.82, 2.24) is 0 Å². The maximum Gasteiger partial charge on any atom is 0.282 e. The Morgan fingerprint density at radius 1 is 1.12 bits per heavy atom. The summed E-state index contributed by atoms with van der Waals surface area (Å²) < 4.78 is 5.13. The second-order valence-electron chi connectivity index (χ2n) is 6.02. The van der Waals surface area contributed by atoms with Crippen LogP contribution in [0.4, 0.5) is 11.4 Å². The van der Waals surface area contributed by atoms with Crippen molar-refractivity contribution in [2.75, 3.05) is 31.3 Å². The number of methoxy groups -OCH3 is 1. The fourth-order valence-corrected chi connectivity index (χ4v) is 2.54. The van der Waals surface area contributed by atoms with Crippen molar-refractivity contribution < 1.29 is 19.2 Å². The molecule has 2 aromatic rings. The van der Waals surface area contributed by atoms with Gasteiger partial charge in [-0.25, -0.2) is 0 Å². The third-order valence-electron chi connectivity index (χ3n) is 4.02. The van der Waals surface area contributed by atoms with Crippen LogP contribution in [0.3, 0.4) is 0 Å². The molecule has 0 aliphatic heterocycles. The lowest BCUT2D eigenvalue weighted by Gasteiger charge is -2.20. The topological polar surface area (TPSA) is 71.9 Å². The van der Waals surface area contributed by atoms with Crippen LogP contribution in [0.2, 0.25) is 5.02 Å². The van der Waals surface area contributed by atoms with E-state index in [2.05, 4.69) is 10.6 Å². The minimum absolute atomic E-state index is 0.154. The van der Waals surface area contributed by atoms with Gasteiger partial charge >= 0.3 is 0 Å². The number of anilines is 2. The molecule has 2 aromatic carbocycles. The molecule has 0 radical (unpaired) electrons. The van der Waals surface area contributed by atoms with Crippen LogP contribution in [0.5, 0.6) is 5.75 Å². The van der Waals surface area contributed by atoms with E-state index in [9.17, 15) is 9.59 Å². The fraction of sp³-hybridized carbons (Fsp3) is 0.263. The van der Waals surface area contributed by atoms with Gasteiger partial charge in [-0.05, 0) is 37.3 Å². The largest absolute Gasteiger partial charge is 0.497 e. The second-order valence-corrected chi connectivity index (χ2v) is 6.46. The van der Waals surface area contributed by atoms with E-state index < -0.39 is 6.04 Å². The van der Waals surface area contributed by atoms with Gasteiger partial charge in [-0.2, -0.15) is 0 Å². The van der Waals surface area contributed by atoms with Gasteiger partial charge in [0.2, 0.25) is 0 Å². The highest BCUT2D eigenvalue weighted by atomic mass is 35.5. The fourth-order valence-electron chi connectivity index (χ4n) is 2.35. The maximum atomic E-state index is 12.4. The SMILES string of the molecule is COc1cccc(NC(=O)C[NH+](C)[C@H](C)C(=O)Nc2cccc(Cl)c2)c1. The molecule has 0 aromatic heterocycles. The molecule has 3 N–H and O–H groups in total. The van der Waals surface area contributed by atoms with Crippen LogP contribution in [0.25, 0.3) is 0 Å². The Bertz CT molecular complexity index is 782. The van der Waals surface area contributed by atoms with E-state index in [-0.39, 0.29) is 18.4 Å². The summed E-state index contributed by atoms with van der Waals surface area (Å²) in [5.41, 5.74) is 1.28. The zero-order valence-corrected chi connectivity index (χ0v) is 15.8. The Labute approximate surface area is 158 Å². The van der Waals surface area contributed by atoms with Crippen LogP contribution in [-0.2, 0) is 9.59 Å². The number of benzene rings is 2. The number of carbonyl (C=O) groups is 2. The number of quaternary nitrogens is 1. The summed E-state index contributed by atoms with van der Waals surface area (Å²) >= 11 is 5.92. The second kappa shape index (κ2) is 9.22. The van der Waals surface area contributed by atoms with Crippen molar-refractivity contribution in [1.29, 1.82) is 0 Å². The number of rotatable bonds is 7. The molecule has 6 nitrogen and oxygen atoms in total. The van der Waals surface area contributed by atoms with E-state index in [1.807, 2.05) is 0 Å². The first-order valence-corrected chi connectivity index (χ1v) is 8.59. The van der Waals surface area contributed by atoms with Gasteiger partial charge in [-0.1, -0.05) is 23.7 Å². The summed E-state index contributed by atoms with van der Waals surface area (Å²) in [5.74, 6) is 0.301. The summed E-state index contributed by atoms with van der Waals surface area (Å²) in [6, 6.07) is 13.7. The number of carbonyl (C=O) groups excluding carboxylic acids is 2. The molecular formula is C19H23ClN3O3+. The Kier molecular flexibility index (Phi) is 7.00. The van der Waals surface area contributed by atoms with Crippen molar-refractivity contribution >= 4 is 34.8 Å². The van der Waals surface area contributed by atoms with Gasteiger partial charge in [-0.15, -0.1) is 0 Å². The van der Waals surface area contributed by atoms with Crippen molar-refractivity contribution in [2.45, 2.75) is 13.0 Å². The first-order valence-electron chi connectivity index (χ1n) is 8.21. The van der Waals surface area contributed by atoms with Gasteiger partial charge in [0.15, 0.2) is 12.6 Å². The van der Waals surface area contributed by atoms with Crippen LogP contribution in [-0.4, -0.2) is 38.6 Å². The zero-order chi connectivity index (χ0) is 19.1. The summed E-state index contributed by atoms with van der Waals surface area (Å²) in [6.07, 6.45) is 0. The third kappa shape index (κ3) is 5.75. The molecular weight excluding hydrogens is 354 g/mol. The summed E-state index contributed by atoms with van der Waals surface area (Å²) in [4.78, 5) is 25.4. The third-order valence-corrected chi connectivity index (χ3v) is 4.25. The molecule has 1 unspecified atom stereocenters. The number of hydrogen-bond acceptors (Lipinski definition) is 3. The van der Waals surface area contributed by atoms with E-state index in [1.54, 1.807) is 69.6 Å². The van der Waals surface area contributed by atoms with Gasteiger partial charge in [0.05, 0.1) is 14.2 Å².